The van der Waals surface area contributed by atoms with E-state index < -0.39 is 17.9 Å². The molecule has 140 valence electrons. The van der Waals surface area contributed by atoms with Crippen LogP contribution in [0.15, 0.2) is 29.2 Å². The van der Waals surface area contributed by atoms with Crippen molar-refractivity contribution in [2.75, 3.05) is 37.5 Å². The van der Waals surface area contributed by atoms with Crippen molar-refractivity contribution in [3.8, 4) is 0 Å². The molecule has 2 atom stereocenters. The van der Waals surface area contributed by atoms with Gasteiger partial charge < -0.3 is 19.6 Å². The summed E-state index contributed by atoms with van der Waals surface area (Å²) in [5.41, 5.74) is 0.784. The summed E-state index contributed by atoms with van der Waals surface area (Å²) in [6.45, 7) is 1.30. The van der Waals surface area contributed by atoms with E-state index in [-0.39, 0.29) is 31.3 Å². The molecular weight excluding hydrogens is 356 g/mol. The lowest BCUT2D eigenvalue weighted by atomic mass is 10.0. The van der Waals surface area contributed by atoms with Crippen LogP contribution in [0, 0.1) is 5.92 Å². The lowest BCUT2D eigenvalue weighted by Crippen LogP contribution is -2.51. The minimum absolute atomic E-state index is 0.0803. The van der Waals surface area contributed by atoms with E-state index in [1.165, 1.54) is 0 Å². The zero-order valence-electron chi connectivity index (χ0n) is 14.6. The van der Waals surface area contributed by atoms with Crippen LogP contribution in [0.2, 0.25) is 0 Å². The molecule has 0 bridgehead atoms. The summed E-state index contributed by atoms with van der Waals surface area (Å²) in [5, 5.41) is 9.05. The van der Waals surface area contributed by atoms with E-state index in [2.05, 4.69) is 0 Å². The molecule has 2 heterocycles. The molecule has 1 N–H and O–H groups in total. The van der Waals surface area contributed by atoms with Gasteiger partial charge in [-0.3, -0.25) is 14.4 Å². The van der Waals surface area contributed by atoms with E-state index >= 15 is 0 Å². The van der Waals surface area contributed by atoms with Gasteiger partial charge >= 0.3 is 5.97 Å². The molecule has 2 fully saturated rings. The number of hydrogen-bond donors (Lipinski definition) is 1. The molecule has 1 aromatic rings. The quantitative estimate of drug-likeness (QED) is 0.781. The molecule has 2 unspecified atom stereocenters. The lowest BCUT2D eigenvalue weighted by Gasteiger charge is -2.36. The summed E-state index contributed by atoms with van der Waals surface area (Å²) in [6, 6.07) is 7.20. The Morgan fingerprint density at radius 2 is 2.04 bits per heavy atom. The lowest BCUT2D eigenvalue weighted by molar-refractivity contribution is -0.149. The number of benzene rings is 1. The van der Waals surface area contributed by atoms with Gasteiger partial charge in [-0.05, 0) is 30.5 Å². The third kappa shape index (κ3) is 4.02. The van der Waals surface area contributed by atoms with E-state index in [0.717, 1.165) is 10.6 Å². The predicted molar refractivity (Wildman–Crippen MR) is 97.3 cm³/mol. The Bertz CT molecular complexity index is 693. The monoisotopic (exact) mass is 378 g/mol. The third-order valence-corrected chi connectivity index (χ3v) is 5.52. The topological polar surface area (TPSA) is 87.2 Å². The van der Waals surface area contributed by atoms with Crippen LogP contribution in [-0.4, -0.2) is 66.4 Å². The molecule has 0 aromatic heterocycles. The zero-order valence-corrected chi connectivity index (χ0v) is 15.4. The largest absolute Gasteiger partial charge is 0.481 e. The second-order valence-corrected chi connectivity index (χ2v) is 7.34. The molecule has 0 radical (unpaired) electrons. The van der Waals surface area contributed by atoms with Crippen molar-refractivity contribution in [1.82, 2.24) is 4.90 Å². The van der Waals surface area contributed by atoms with Gasteiger partial charge in [0.1, 0.15) is 0 Å². The van der Waals surface area contributed by atoms with E-state index in [1.807, 2.05) is 30.5 Å². The Hall–Kier alpha value is -2.06. The van der Waals surface area contributed by atoms with Gasteiger partial charge in [0.15, 0.2) is 0 Å². The maximum Gasteiger partial charge on any atom is 0.305 e. The Balaban J connectivity index is 1.70. The van der Waals surface area contributed by atoms with Crippen LogP contribution in [0.1, 0.15) is 12.8 Å². The maximum absolute atomic E-state index is 12.9. The van der Waals surface area contributed by atoms with Crippen LogP contribution in [0.4, 0.5) is 5.69 Å². The second kappa shape index (κ2) is 8.09. The first kappa shape index (κ1) is 18.7. The van der Waals surface area contributed by atoms with Crippen LogP contribution < -0.4 is 4.90 Å². The van der Waals surface area contributed by atoms with Gasteiger partial charge in [-0.25, -0.2) is 0 Å². The minimum atomic E-state index is -0.962. The highest BCUT2D eigenvalue weighted by Gasteiger charge is 2.40. The van der Waals surface area contributed by atoms with Crippen LogP contribution >= 0.6 is 11.8 Å². The molecule has 2 aliphatic rings. The number of hydrogen-bond acceptors (Lipinski definition) is 5. The SMILES string of the molecule is CSc1ccc(N2CC(C(=O)N3CCOCC3CC(=O)O)CC2=O)cc1. The predicted octanol–water partition coefficient (Wildman–Crippen LogP) is 1.46. The summed E-state index contributed by atoms with van der Waals surface area (Å²) >= 11 is 1.63. The summed E-state index contributed by atoms with van der Waals surface area (Å²) in [5.74, 6) is -1.65. The van der Waals surface area contributed by atoms with Gasteiger partial charge in [-0.2, -0.15) is 0 Å². The molecule has 0 saturated carbocycles. The van der Waals surface area contributed by atoms with Crippen molar-refractivity contribution in [2.45, 2.75) is 23.8 Å². The minimum Gasteiger partial charge on any atom is -0.481 e. The Morgan fingerprint density at radius 1 is 1.31 bits per heavy atom. The molecule has 3 rings (SSSR count). The highest BCUT2D eigenvalue weighted by atomic mass is 32.2. The molecule has 0 spiro atoms. The van der Waals surface area contributed by atoms with Crippen molar-refractivity contribution in [1.29, 1.82) is 0 Å². The summed E-state index contributed by atoms with van der Waals surface area (Å²) in [6.07, 6.45) is 1.99. The smallest absolute Gasteiger partial charge is 0.305 e. The highest BCUT2D eigenvalue weighted by molar-refractivity contribution is 7.98. The van der Waals surface area contributed by atoms with Gasteiger partial charge in [-0.15, -0.1) is 11.8 Å². The van der Waals surface area contributed by atoms with E-state index in [0.29, 0.717) is 19.7 Å². The molecule has 26 heavy (non-hydrogen) atoms. The number of carbonyl (C=O) groups excluding carboxylic acids is 2. The Labute approximate surface area is 156 Å². The van der Waals surface area contributed by atoms with Crippen LogP contribution in [0.5, 0.6) is 0 Å². The van der Waals surface area contributed by atoms with Crippen molar-refractivity contribution in [2.24, 2.45) is 5.92 Å². The Kier molecular flexibility index (Phi) is 5.83. The molecule has 8 heteroatoms. The second-order valence-electron chi connectivity index (χ2n) is 6.46. The molecule has 2 saturated heterocycles. The normalized spacial score (nSPS) is 23.3. The number of rotatable bonds is 5. The molecule has 1 aromatic carbocycles. The number of amides is 2. The standard InChI is InChI=1S/C18H22N2O5S/c1-26-15-4-2-13(3-5-15)20-10-12(8-16(20)21)18(24)19-6-7-25-11-14(19)9-17(22)23/h2-5,12,14H,6-11H2,1H3,(H,22,23). The molecule has 2 amide bonds. The molecular formula is C18H22N2O5S. The van der Waals surface area contributed by atoms with Crippen LogP contribution in [-0.2, 0) is 19.1 Å². The fraction of sp³-hybridized carbons (Fsp3) is 0.500. The number of carbonyl (C=O) groups is 3. The van der Waals surface area contributed by atoms with Gasteiger partial charge in [0.25, 0.3) is 0 Å². The third-order valence-electron chi connectivity index (χ3n) is 4.78. The molecule has 7 nitrogen and oxygen atoms in total. The summed E-state index contributed by atoms with van der Waals surface area (Å²) < 4.78 is 5.32. The van der Waals surface area contributed by atoms with Crippen molar-refractivity contribution in [3.63, 3.8) is 0 Å². The van der Waals surface area contributed by atoms with Gasteiger partial charge in [0.05, 0.1) is 31.6 Å². The zero-order chi connectivity index (χ0) is 18.7. The first-order chi connectivity index (χ1) is 12.5. The maximum atomic E-state index is 12.9. The molecule has 2 aliphatic heterocycles. The van der Waals surface area contributed by atoms with E-state index in [4.69, 9.17) is 9.84 Å². The van der Waals surface area contributed by atoms with Crippen molar-refractivity contribution >= 4 is 35.2 Å². The Morgan fingerprint density at radius 3 is 2.69 bits per heavy atom. The fourth-order valence-electron chi connectivity index (χ4n) is 3.43. The number of nitrogens with zero attached hydrogens (tertiary/aromatic N) is 2. The van der Waals surface area contributed by atoms with Crippen molar-refractivity contribution in [3.05, 3.63) is 24.3 Å². The van der Waals surface area contributed by atoms with Crippen molar-refractivity contribution < 1.29 is 24.2 Å². The molecule has 0 aliphatic carbocycles. The highest BCUT2D eigenvalue weighted by Crippen LogP contribution is 2.29. The van der Waals surface area contributed by atoms with Crippen LogP contribution in [0.25, 0.3) is 0 Å². The average molecular weight is 378 g/mol. The number of ether oxygens (including phenoxy) is 1. The van der Waals surface area contributed by atoms with Gasteiger partial charge in [-0.1, -0.05) is 0 Å². The number of carboxylic acid groups (broad SMARTS) is 1. The number of anilines is 1. The van der Waals surface area contributed by atoms with E-state index in [9.17, 15) is 14.4 Å². The fourth-order valence-corrected chi connectivity index (χ4v) is 3.84. The average Bonchev–Trinajstić information content (AvgIpc) is 3.03. The first-order valence-corrected chi connectivity index (χ1v) is 9.76. The van der Waals surface area contributed by atoms with Gasteiger partial charge in [0.2, 0.25) is 11.8 Å². The first-order valence-electron chi connectivity index (χ1n) is 8.54. The van der Waals surface area contributed by atoms with Crippen LogP contribution in [0.3, 0.4) is 0 Å². The summed E-state index contributed by atoms with van der Waals surface area (Å²) in [4.78, 5) is 40.7. The number of aliphatic carboxylic acids is 1. The number of morpholine rings is 1. The number of thioether (sulfide) groups is 1. The number of carboxylic acids is 1. The summed E-state index contributed by atoms with van der Waals surface area (Å²) in [7, 11) is 0. The van der Waals surface area contributed by atoms with E-state index in [1.54, 1.807) is 21.6 Å². The van der Waals surface area contributed by atoms with Gasteiger partial charge in [0, 0.05) is 30.1 Å².